The van der Waals surface area contributed by atoms with Gasteiger partial charge < -0.3 is 33.3 Å². The predicted octanol–water partition coefficient (Wildman–Crippen LogP) is 19.2. The van der Waals surface area contributed by atoms with E-state index < -0.39 is 24.3 Å². The molecule has 9 nitrogen and oxygen atoms in total. The smallest absolute Gasteiger partial charge is 0.306 e. The summed E-state index contributed by atoms with van der Waals surface area (Å²) in [5.74, 6) is -2.32. The molecule has 0 saturated heterocycles. The van der Waals surface area contributed by atoms with E-state index >= 15 is 0 Å². The van der Waals surface area contributed by atoms with Gasteiger partial charge in [-0.25, -0.2) is 0 Å². The highest BCUT2D eigenvalue weighted by atomic mass is 16.7. The highest BCUT2D eigenvalue weighted by Gasteiger charge is 2.22. The molecule has 0 bridgehead atoms. The fraction of sp³-hybridized carbons (Fsp3) is 0.662. The first-order valence-corrected chi connectivity index (χ1v) is 33.3. The first kappa shape index (κ1) is 78.4. The Morgan fingerprint density at radius 3 is 0.964 bits per heavy atom. The van der Waals surface area contributed by atoms with Gasteiger partial charge in [-0.3, -0.25) is 9.59 Å². The van der Waals surface area contributed by atoms with Crippen LogP contribution < -0.4 is 5.11 Å². The van der Waals surface area contributed by atoms with Crippen molar-refractivity contribution in [1.82, 2.24) is 0 Å². The molecule has 0 aliphatic carbocycles. The minimum atomic E-state index is -1.63. The molecule has 472 valence electrons. The zero-order valence-corrected chi connectivity index (χ0v) is 53.8. The average Bonchev–Trinajstić information content (AvgIpc) is 3.46. The molecule has 0 amide bonds. The van der Waals surface area contributed by atoms with Gasteiger partial charge in [0, 0.05) is 12.8 Å². The predicted molar refractivity (Wildman–Crippen MR) is 352 cm³/mol. The Bertz CT molecular complexity index is 1820. The van der Waals surface area contributed by atoms with Crippen molar-refractivity contribution in [3.8, 4) is 0 Å². The molecule has 0 rings (SSSR count). The van der Waals surface area contributed by atoms with Crippen LogP contribution in [0.4, 0.5) is 0 Å². The molecule has 0 aliphatic heterocycles. The molecule has 0 aromatic carbocycles. The molecular formula is C74H123NO8. The number of carbonyl (C=O) groups excluding carboxylic acids is 3. The van der Waals surface area contributed by atoms with E-state index in [4.69, 9.17) is 18.9 Å². The van der Waals surface area contributed by atoms with Crippen LogP contribution in [-0.4, -0.2) is 82.3 Å². The molecule has 0 saturated carbocycles. The highest BCUT2D eigenvalue weighted by molar-refractivity contribution is 5.70. The number of hydrogen-bond donors (Lipinski definition) is 0. The first-order valence-electron chi connectivity index (χ1n) is 33.3. The van der Waals surface area contributed by atoms with E-state index in [1.807, 2.05) is 21.1 Å². The van der Waals surface area contributed by atoms with Gasteiger partial charge in [0.25, 0.3) is 0 Å². The van der Waals surface area contributed by atoms with Gasteiger partial charge in [0.15, 0.2) is 12.4 Å². The van der Waals surface area contributed by atoms with E-state index in [0.29, 0.717) is 23.9 Å². The summed E-state index contributed by atoms with van der Waals surface area (Å²) in [6.07, 6.45) is 88.2. The Morgan fingerprint density at radius 2 is 0.651 bits per heavy atom. The minimum Gasteiger partial charge on any atom is -0.545 e. The van der Waals surface area contributed by atoms with E-state index in [0.717, 1.165) is 116 Å². The van der Waals surface area contributed by atoms with Gasteiger partial charge in [-0.1, -0.05) is 270 Å². The number of esters is 2. The summed E-state index contributed by atoms with van der Waals surface area (Å²) in [5, 5.41) is 11.8. The summed E-state index contributed by atoms with van der Waals surface area (Å²) in [6, 6.07) is 0. The Morgan fingerprint density at radius 1 is 0.361 bits per heavy atom. The lowest BCUT2D eigenvalue weighted by molar-refractivity contribution is -0.870. The number of allylic oxidation sites excluding steroid dienone is 22. The van der Waals surface area contributed by atoms with Gasteiger partial charge in [0.1, 0.15) is 13.2 Å². The summed E-state index contributed by atoms with van der Waals surface area (Å²) in [7, 11) is 5.91. The molecule has 0 heterocycles. The van der Waals surface area contributed by atoms with Gasteiger partial charge >= 0.3 is 11.9 Å². The summed E-state index contributed by atoms with van der Waals surface area (Å²) in [6.45, 7) is 4.49. The molecular weight excluding hydrogens is 1030 g/mol. The number of carbonyl (C=O) groups is 3. The zero-order valence-electron chi connectivity index (χ0n) is 53.8. The van der Waals surface area contributed by atoms with Crippen molar-refractivity contribution in [1.29, 1.82) is 0 Å². The van der Waals surface area contributed by atoms with Crippen LogP contribution in [0, 0.1) is 0 Å². The Balaban J connectivity index is 4.05. The number of carboxylic acid groups (broad SMARTS) is 1. The van der Waals surface area contributed by atoms with Crippen molar-refractivity contribution in [3.05, 3.63) is 134 Å². The van der Waals surface area contributed by atoms with E-state index in [-0.39, 0.29) is 38.6 Å². The number of likely N-dealkylation sites (N-methyl/N-ethyl adjacent to an activating group) is 1. The lowest BCUT2D eigenvalue weighted by atomic mass is 10.0. The molecule has 0 spiro atoms. The van der Waals surface area contributed by atoms with Crippen LogP contribution in [0.25, 0.3) is 0 Å². The number of aliphatic carboxylic acids is 1. The molecule has 2 atom stereocenters. The number of nitrogens with zero attached hydrogens (tertiary/aromatic N) is 1. The van der Waals surface area contributed by atoms with Crippen LogP contribution >= 0.6 is 0 Å². The van der Waals surface area contributed by atoms with E-state index in [1.54, 1.807) is 0 Å². The van der Waals surface area contributed by atoms with Crippen molar-refractivity contribution in [2.75, 3.05) is 47.5 Å². The monoisotopic (exact) mass is 1150 g/mol. The molecule has 0 aromatic heterocycles. The quantitative estimate of drug-likeness (QED) is 0.0195. The van der Waals surface area contributed by atoms with Crippen molar-refractivity contribution in [3.63, 3.8) is 0 Å². The van der Waals surface area contributed by atoms with Crippen molar-refractivity contribution in [2.24, 2.45) is 0 Å². The third-order valence-corrected chi connectivity index (χ3v) is 13.9. The second-order valence-electron chi connectivity index (χ2n) is 23.0. The first-order chi connectivity index (χ1) is 40.6. The molecule has 0 aliphatic rings. The number of ether oxygens (including phenoxy) is 4. The number of rotatable bonds is 60. The van der Waals surface area contributed by atoms with Crippen LogP contribution in [0.1, 0.15) is 258 Å². The standard InChI is InChI=1S/C74H123NO8/c1-6-8-10-12-14-16-18-20-22-24-25-26-27-28-29-30-31-32-33-34-35-36-37-38-39-40-41-42-43-44-45-46-47-49-51-53-55-57-59-61-63-65-72(77)83-70(69-82-74(73(78)79)80-67-66-75(3,4)5)68-81-71(76)64-62-60-58-56-54-52-50-48-23-21-19-17-15-13-11-9-7-2/h8-11,14-17,20-23,25-26,28-29,31-32,34-35,50,52,70,74H,6-7,12-13,18-19,24,27,30,33,36-49,51,53-69H2,1-5H3/b10-8-,11-9-,16-14-,17-15-,22-20-,23-21-,26-25-,29-28-,32-31-,35-34-,52-50-. The van der Waals surface area contributed by atoms with Gasteiger partial charge in [0.05, 0.1) is 40.3 Å². The number of carboxylic acids is 1. The van der Waals surface area contributed by atoms with Crippen molar-refractivity contribution < 1.29 is 42.9 Å². The second kappa shape index (κ2) is 63.5. The third-order valence-electron chi connectivity index (χ3n) is 13.9. The molecule has 0 N–H and O–H groups in total. The van der Waals surface area contributed by atoms with Gasteiger partial charge in [-0.2, -0.15) is 0 Å². The number of quaternary nitrogens is 1. The Labute approximate surface area is 509 Å². The number of unbranched alkanes of at least 4 members (excludes halogenated alkanes) is 23. The van der Waals surface area contributed by atoms with Crippen LogP contribution in [0.3, 0.4) is 0 Å². The van der Waals surface area contributed by atoms with Crippen molar-refractivity contribution >= 4 is 17.9 Å². The van der Waals surface area contributed by atoms with E-state index in [9.17, 15) is 19.5 Å². The SMILES string of the molecule is CC/C=C\C/C=C\C/C=C\C/C=C\C/C=C\C/C=C\C/C=C\CCCCCCCCCCCCCCCCCCCCCC(=O)OC(COC(=O)CCCCCC/C=C\C/C=C\C/C=C\C/C=C\CC)COC(OCC[N+](C)(C)C)C(=O)[O-]. The van der Waals surface area contributed by atoms with Crippen LogP contribution in [-0.2, 0) is 33.3 Å². The maximum Gasteiger partial charge on any atom is 0.306 e. The van der Waals surface area contributed by atoms with Gasteiger partial charge in [-0.05, 0) is 109 Å². The molecule has 0 radical (unpaired) electrons. The zero-order chi connectivity index (χ0) is 60.5. The fourth-order valence-corrected chi connectivity index (χ4v) is 8.86. The maximum absolute atomic E-state index is 12.9. The largest absolute Gasteiger partial charge is 0.545 e. The second-order valence-corrected chi connectivity index (χ2v) is 23.0. The van der Waals surface area contributed by atoms with Crippen LogP contribution in [0.15, 0.2) is 134 Å². The topological polar surface area (TPSA) is 111 Å². The Hall–Kier alpha value is -4.57. The van der Waals surface area contributed by atoms with Gasteiger partial charge in [0.2, 0.25) is 0 Å². The lowest BCUT2D eigenvalue weighted by Crippen LogP contribution is -2.44. The highest BCUT2D eigenvalue weighted by Crippen LogP contribution is 2.17. The summed E-state index contributed by atoms with van der Waals surface area (Å²) >= 11 is 0. The minimum absolute atomic E-state index is 0.139. The maximum atomic E-state index is 12.9. The molecule has 83 heavy (non-hydrogen) atoms. The Kier molecular flexibility index (Phi) is 60.0. The molecule has 0 fully saturated rings. The summed E-state index contributed by atoms with van der Waals surface area (Å²) in [4.78, 5) is 37.4. The van der Waals surface area contributed by atoms with Crippen LogP contribution in [0.5, 0.6) is 0 Å². The fourth-order valence-electron chi connectivity index (χ4n) is 8.86. The van der Waals surface area contributed by atoms with Gasteiger partial charge in [-0.15, -0.1) is 0 Å². The van der Waals surface area contributed by atoms with E-state index in [2.05, 4.69) is 148 Å². The van der Waals surface area contributed by atoms with E-state index in [1.165, 1.54) is 103 Å². The van der Waals surface area contributed by atoms with Crippen LogP contribution in [0.2, 0.25) is 0 Å². The molecule has 2 unspecified atom stereocenters. The number of hydrogen-bond acceptors (Lipinski definition) is 8. The summed E-state index contributed by atoms with van der Waals surface area (Å²) in [5.41, 5.74) is 0. The molecule has 0 aromatic rings. The lowest BCUT2D eigenvalue weighted by Gasteiger charge is -2.26. The summed E-state index contributed by atoms with van der Waals surface area (Å²) < 4.78 is 22.7. The molecule has 9 heteroatoms. The normalized spacial score (nSPS) is 13.6. The van der Waals surface area contributed by atoms with Crippen molar-refractivity contribution in [2.45, 2.75) is 270 Å². The average molecular weight is 1150 g/mol. The third kappa shape index (κ3) is 64.8.